The van der Waals surface area contributed by atoms with Crippen molar-refractivity contribution in [3.8, 4) is 0 Å². The number of rotatable bonds is 0. The quantitative estimate of drug-likeness (QED) is 0.539. The number of carbonyl (C=O) groups is 2. The number of hydrogen-bond donors (Lipinski definition) is 0. The molecule has 0 amide bonds. The van der Waals surface area contributed by atoms with Crippen LogP contribution in [0.15, 0.2) is 23.8 Å². The minimum absolute atomic E-state index is 0.187. The fourth-order valence-corrected chi connectivity index (χ4v) is 1.76. The Hall–Kier alpha value is -1.18. The molecule has 0 saturated heterocycles. The van der Waals surface area contributed by atoms with Crippen LogP contribution >= 0.6 is 0 Å². The standard InChI is InChI=1S/C10H10O2/c11-9-3-1-7-5-10(12)4-2-8(7)6-9/h1,3,5,8H,2,4,6H2. The van der Waals surface area contributed by atoms with Crippen LogP contribution in [0, 0.1) is 5.92 Å². The Kier molecular flexibility index (Phi) is 1.68. The highest BCUT2D eigenvalue weighted by molar-refractivity contribution is 5.96. The van der Waals surface area contributed by atoms with Gasteiger partial charge in [0, 0.05) is 12.8 Å². The molecule has 2 heteroatoms. The van der Waals surface area contributed by atoms with Gasteiger partial charge in [-0.1, -0.05) is 6.08 Å². The number of ketones is 2. The molecule has 2 nitrogen and oxygen atoms in total. The molecule has 2 aliphatic carbocycles. The summed E-state index contributed by atoms with van der Waals surface area (Å²) >= 11 is 0. The first-order valence-corrected chi connectivity index (χ1v) is 4.21. The van der Waals surface area contributed by atoms with Gasteiger partial charge in [-0.25, -0.2) is 0 Å². The highest BCUT2D eigenvalue weighted by Crippen LogP contribution is 2.30. The summed E-state index contributed by atoms with van der Waals surface area (Å²) in [6.45, 7) is 0. The molecule has 0 N–H and O–H groups in total. The van der Waals surface area contributed by atoms with Gasteiger partial charge in [0.25, 0.3) is 0 Å². The first-order chi connectivity index (χ1) is 5.75. The van der Waals surface area contributed by atoms with Crippen LogP contribution in [0.3, 0.4) is 0 Å². The van der Waals surface area contributed by atoms with Crippen LogP contribution in [0.2, 0.25) is 0 Å². The Labute approximate surface area is 71.0 Å². The lowest BCUT2D eigenvalue weighted by Gasteiger charge is -2.23. The smallest absolute Gasteiger partial charge is 0.156 e. The van der Waals surface area contributed by atoms with Crippen molar-refractivity contribution in [3.05, 3.63) is 23.8 Å². The molecule has 1 unspecified atom stereocenters. The second kappa shape index (κ2) is 2.70. The highest BCUT2D eigenvalue weighted by atomic mass is 16.1. The van der Waals surface area contributed by atoms with Crippen LogP contribution in [0.4, 0.5) is 0 Å². The van der Waals surface area contributed by atoms with E-state index in [2.05, 4.69) is 0 Å². The van der Waals surface area contributed by atoms with Crippen LogP contribution in [-0.4, -0.2) is 11.6 Å². The zero-order valence-corrected chi connectivity index (χ0v) is 6.75. The van der Waals surface area contributed by atoms with Crippen molar-refractivity contribution in [1.29, 1.82) is 0 Å². The third-order valence-electron chi connectivity index (χ3n) is 2.45. The number of fused-ring (bicyclic) bond motifs is 1. The minimum atomic E-state index is 0.187. The molecule has 0 saturated carbocycles. The van der Waals surface area contributed by atoms with Crippen molar-refractivity contribution in [3.63, 3.8) is 0 Å². The first-order valence-electron chi connectivity index (χ1n) is 4.21. The van der Waals surface area contributed by atoms with Crippen molar-refractivity contribution in [2.75, 3.05) is 0 Å². The molecule has 0 aromatic heterocycles. The molecule has 0 aromatic rings. The molecular formula is C10H10O2. The lowest BCUT2D eigenvalue weighted by atomic mass is 9.80. The molecule has 0 aliphatic heterocycles. The van der Waals surface area contributed by atoms with Gasteiger partial charge in [0.1, 0.15) is 0 Å². The van der Waals surface area contributed by atoms with Crippen LogP contribution in [-0.2, 0) is 9.59 Å². The fraction of sp³-hybridized carbons (Fsp3) is 0.400. The maximum absolute atomic E-state index is 11.0. The molecule has 0 heterocycles. The zero-order valence-electron chi connectivity index (χ0n) is 6.75. The number of hydrogen-bond acceptors (Lipinski definition) is 2. The van der Waals surface area contributed by atoms with Gasteiger partial charge in [-0.15, -0.1) is 0 Å². The van der Waals surface area contributed by atoms with E-state index in [1.165, 1.54) is 0 Å². The second-order valence-electron chi connectivity index (χ2n) is 3.35. The lowest BCUT2D eigenvalue weighted by molar-refractivity contribution is -0.117. The average Bonchev–Trinajstić information content (AvgIpc) is 2.05. The van der Waals surface area contributed by atoms with Gasteiger partial charge in [-0.2, -0.15) is 0 Å². The summed E-state index contributed by atoms with van der Waals surface area (Å²) in [6, 6.07) is 0. The Morgan fingerprint density at radius 2 is 2.00 bits per heavy atom. The maximum atomic E-state index is 11.0. The molecular weight excluding hydrogens is 152 g/mol. The minimum Gasteiger partial charge on any atom is -0.295 e. The highest BCUT2D eigenvalue weighted by Gasteiger charge is 2.24. The van der Waals surface area contributed by atoms with E-state index < -0.39 is 0 Å². The molecule has 0 fully saturated rings. The van der Waals surface area contributed by atoms with Crippen LogP contribution in [0.25, 0.3) is 0 Å². The predicted molar refractivity (Wildman–Crippen MR) is 44.6 cm³/mol. The van der Waals surface area contributed by atoms with Gasteiger partial charge in [-0.05, 0) is 30.1 Å². The third-order valence-corrected chi connectivity index (χ3v) is 2.45. The van der Waals surface area contributed by atoms with E-state index in [1.54, 1.807) is 18.2 Å². The van der Waals surface area contributed by atoms with Gasteiger partial charge >= 0.3 is 0 Å². The van der Waals surface area contributed by atoms with Crippen molar-refractivity contribution in [2.24, 2.45) is 5.92 Å². The third kappa shape index (κ3) is 1.24. The van der Waals surface area contributed by atoms with E-state index in [4.69, 9.17) is 0 Å². The number of carbonyl (C=O) groups excluding carboxylic acids is 2. The summed E-state index contributed by atoms with van der Waals surface area (Å²) in [6.07, 6.45) is 7.08. The summed E-state index contributed by atoms with van der Waals surface area (Å²) in [7, 11) is 0. The predicted octanol–water partition coefficient (Wildman–Crippen LogP) is 1.42. The fourth-order valence-electron chi connectivity index (χ4n) is 1.76. The molecule has 12 heavy (non-hydrogen) atoms. The van der Waals surface area contributed by atoms with Crippen molar-refractivity contribution in [2.45, 2.75) is 19.3 Å². The summed E-state index contributed by atoms with van der Waals surface area (Å²) in [5, 5.41) is 0. The van der Waals surface area contributed by atoms with E-state index in [-0.39, 0.29) is 11.6 Å². The summed E-state index contributed by atoms with van der Waals surface area (Å²) in [5.41, 5.74) is 1.05. The van der Waals surface area contributed by atoms with Crippen molar-refractivity contribution < 1.29 is 9.59 Å². The van der Waals surface area contributed by atoms with Gasteiger partial charge in [0.15, 0.2) is 11.6 Å². The van der Waals surface area contributed by atoms with Crippen LogP contribution < -0.4 is 0 Å². The monoisotopic (exact) mass is 162 g/mol. The Morgan fingerprint density at radius 3 is 2.83 bits per heavy atom. The molecule has 2 aliphatic rings. The van der Waals surface area contributed by atoms with E-state index in [9.17, 15) is 9.59 Å². The Morgan fingerprint density at radius 1 is 1.17 bits per heavy atom. The van der Waals surface area contributed by atoms with Gasteiger partial charge < -0.3 is 0 Å². The molecule has 62 valence electrons. The molecule has 0 spiro atoms. The molecule has 2 rings (SSSR count). The van der Waals surface area contributed by atoms with E-state index >= 15 is 0 Å². The topological polar surface area (TPSA) is 34.1 Å². The van der Waals surface area contributed by atoms with Crippen molar-refractivity contribution in [1.82, 2.24) is 0 Å². The molecule has 0 bridgehead atoms. The summed E-state index contributed by atoms with van der Waals surface area (Å²) in [4.78, 5) is 22.0. The lowest BCUT2D eigenvalue weighted by Crippen LogP contribution is -2.19. The molecule has 0 radical (unpaired) electrons. The van der Waals surface area contributed by atoms with Gasteiger partial charge in [0.05, 0.1) is 0 Å². The van der Waals surface area contributed by atoms with Gasteiger partial charge in [-0.3, -0.25) is 9.59 Å². The second-order valence-corrected chi connectivity index (χ2v) is 3.35. The summed E-state index contributed by atoms with van der Waals surface area (Å²) < 4.78 is 0. The van der Waals surface area contributed by atoms with E-state index in [1.807, 2.05) is 0 Å². The van der Waals surface area contributed by atoms with E-state index in [0.717, 1.165) is 12.0 Å². The van der Waals surface area contributed by atoms with Gasteiger partial charge in [0.2, 0.25) is 0 Å². The number of allylic oxidation sites excluding steroid dienone is 4. The SMILES string of the molecule is O=C1C=C2C=CC(=O)CC2CC1. The Bertz CT molecular complexity index is 297. The van der Waals surface area contributed by atoms with Crippen LogP contribution in [0.5, 0.6) is 0 Å². The van der Waals surface area contributed by atoms with Crippen LogP contribution in [0.1, 0.15) is 19.3 Å². The largest absolute Gasteiger partial charge is 0.295 e. The van der Waals surface area contributed by atoms with E-state index in [0.29, 0.717) is 18.8 Å². The molecule has 0 aromatic carbocycles. The maximum Gasteiger partial charge on any atom is 0.156 e. The summed E-state index contributed by atoms with van der Waals surface area (Å²) in [5.74, 6) is 0.701. The average molecular weight is 162 g/mol. The molecule has 1 atom stereocenters. The normalized spacial score (nSPS) is 28.3. The Balaban J connectivity index is 2.32. The van der Waals surface area contributed by atoms with Crippen molar-refractivity contribution >= 4 is 11.6 Å². The zero-order chi connectivity index (χ0) is 8.55. The first kappa shape index (κ1) is 7.47.